The second kappa shape index (κ2) is 6.49. The van der Waals surface area contributed by atoms with E-state index in [1.54, 1.807) is 0 Å². The molecule has 112 valence electrons. The summed E-state index contributed by atoms with van der Waals surface area (Å²) in [6, 6.07) is 4.50. The quantitative estimate of drug-likeness (QED) is 0.719. The van der Waals surface area contributed by atoms with Crippen LogP contribution in [0.25, 0.3) is 0 Å². The molecule has 2 heteroatoms. The van der Waals surface area contributed by atoms with Crippen LogP contribution < -0.4 is 0 Å². The van der Waals surface area contributed by atoms with E-state index in [2.05, 4.69) is 51.7 Å². The molecule has 2 rings (SSSR count). The summed E-state index contributed by atoms with van der Waals surface area (Å²) in [5, 5.41) is 0.105. The van der Waals surface area contributed by atoms with Gasteiger partial charge in [-0.2, -0.15) is 0 Å². The Morgan fingerprint density at radius 1 is 1.10 bits per heavy atom. The summed E-state index contributed by atoms with van der Waals surface area (Å²) in [5.74, 6) is 1.59. The van der Waals surface area contributed by atoms with E-state index in [4.69, 9.17) is 11.6 Å². The molecule has 0 spiro atoms. The number of benzene rings is 1. The summed E-state index contributed by atoms with van der Waals surface area (Å²) in [4.78, 5) is 2.55. The Balaban J connectivity index is 2.10. The van der Waals surface area contributed by atoms with Gasteiger partial charge in [0.2, 0.25) is 0 Å². The number of hydrogen-bond donors (Lipinski definition) is 0. The molecule has 1 aromatic carbocycles. The molecule has 20 heavy (non-hydrogen) atoms. The van der Waals surface area contributed by atoms with Crippen molar-refractivity contribution < 1.29 is 0 Å². The molecule has 0 aliphatic carbocycles. The summed E-state index contributed by atoms with van der Waals surface area (Å²) < 4.78 is 0. The minimum Gasteiger partial charge on any atom is -0.301 e. The number of nitrogens with zero attached hydrogens (tertiary/aromatic N) is 1. The number of piperidine rings is 1. The molecule has 1 fully saturated rings. The molecule has 1 saturated heterocycles. The maximum Gasteiger partial charge on any atom is 0.0717 e. The van der Waals surface area contributed by atoms with E-state index in [1.165, 1.54) is 41.8 Å². The minimum absolute atomic E-state index is 0.105. The Morgan fingerprint density at radius 2 is 1.60 bits per heavy atom. The highest BCUT2D eigenvalue weighted by Crippen LogP contribution is 2.31. The number of aryl methyl sites for hydroxylation is 3. The fraction of sp³-hybridized carbons (Fsp3) is 0.667. The van der Waals surface area contributed by atoms with Crippen molar-refractivity contribution in [2.24, 2.45) is 11.8 Å². The third-order valence-electron chi connectivity index (χ3n) is 4.41. The molecule has 1 aliphatic heterocycles. The average Bonchev–Trinajstić information content (AvgIpc) is 2.25. The van der Waals surface area contributed by atoms with E-state index in [1.807, 2.05) is 0 Å². The van der Waals surface area contributed by atoms with Gasteiger partial charge < -0.3 is 4.90 Å². The second-order valence-electron chi connectivity index (χ2n) is 6.94. The van der Waals surface area contributed by atoms with Crippen molar-refractivity contribution in [1.82, 2.24) is 4.90 Å². The van der Waals surface area contributed by atoms with Crippen LogP contribution >= 0.6 is 11.6 Å². The molecule has 0 bridgehead atoms. The topological polar surface area (TPSA) is 3.24 Å². The highest BCUT2D eigenvalue weighted by Gasteiger charge is 2.25. The zero-order valence-electron chi connectivity index (χ0n) is 13.5. The summed E-state index contributed by atoms with van der Waals surface area (Å²) in [7, 11) is 0. The summed E-state index contributed by atoms with van der Waals surface area (Å²) >= 11 is 6.76. The van der Waals surface area contributed by atoms with E-state index in [-0.39, 0.29) is 5.38 Å². The largest absolute Gasteiger partial charge is 0.301 e. The lowest BCUT2D eigenvalue weighted by molar-refractivity contribution is 0.141. The smallest absolute Gasteiger partial charge is 0.0717 e. The summed E-state index contributed by atoms with van der Waals surface area (Å²) in [6.45, 7) is 14.6. The Bertz CT molecular complexity index is 435. The first-order valence-corrected chi connectivity index (χ1v) is 8.24. The van der Waals surface area contributed by atoms with Gasteiger partial charge in [-0.1, -0.05) is 31.5 Å². The molecule has 0 amide bonds. The van der Waals surface area contributed by atoms with Crippen LogP contribution in [0.15, 0.2) is 12.1 Å². The summed E-state index contributed by atoms with van der Waals surface area (Å²) in [5.41, 5.74) is 5.33. The van der Waals surface area contributed by atoms with Gasteiger partial charge in [-0.15, -0.1) is 11.6 Å². The molecule has 0 N–H and O–H groups in total. The lowest BCUT2D eigenvalue weighted by atomic mass is 9.91. The predicted molar refractivity (Wildman–Crippen MR) is 88.6 cm³/mol. The Hall–Kier alpha value is -0.530. The summed E-state index contributed by atoms with van der Waals surface area (Å²) in [6.07, 6.45) is 1.35. The van der Waals surface area contributed by atoms with E-state index >= 15 is 0 Å². The van der Waals surface area contributed by atoms with Gasteiger partial charge in [0.1, 0.15) is 0 Å². The van der Waals surface area contributed by atoms with Crippen LogP contribution in [-0.2, 0) is 0 Å². The first-order valence-electron chi connectivity index (χ1n) is 7.81. The molecule has 1 aliphatic rings. The van der Waals surface area contributed by atoms with Gasteiger partial charge in [-0.25, -0.2) is 0 Å². The van der Waals surface area contributed by atoms with Crippen LogP contribution in [0.1, 0.15) is 47.9 Å². The van der Waals surface area contributed by atoms with E-state index in [9.17, 15) is 0 Å². The van der Waals surface area contributed by atoms with Gasteiger partial charge in [0, 0.05) is 19.6 Å². The molecule has 0 radical (unpaired) electrons. The van der Waals surface area contributed by atoms with E-state index in [0.29, 0.717) is 0 Å². The molecule has 1 heterocycles. The van der Waals surface area contributed by atoms with Gasteiger partial charge in [-0.3, -0.25) is 0 Å². The minimum atomic E-state index is 0.105. The zero-order chi connectivity index (χ0) is 14.9. The first-order chi connectivity index (χ1) is 9.36. The van der Waals surface area contributed by atoms with Crippen molar-refractivity contribution >= 4 is 11.6 Å². The third-order valence-corrected chi connectivity index (χ3v) is 4.77. The molecular weight excluding hydrogens is 266 g/mol. The molecule has 3 unspecified atom stereocenters. The zero-order valence-corrected chi connectivity index (χ0v) is 14.3. The van der Waals surface area contributed by atoms with Crippen LogP contribution in [0.3, 0.4) is 0 Å². The van der Waals surface area contributed by atoms with Crippen molar-refractivity contribution in [1.29, 1.82) is 0 Å². The highest BCUT2D eigenvalue weighted by molar-refractivity contribution is 6.21. The van der Waals surface area contributed by atoms with E-state index in [0.717, 1.165) is 18.4 Å². The fourth-order valence-corrected chi connectivity index (χ4v) is 4.48. The fourth-order valence-electron chi connectivity index (χ4n) is 3.94. The highest BCUT2D eigenvalue weighted by atomic mass is 35.5. The molecular formula is C18H28ClN. The monoisotopic (exact) mass is 293 g/mol. The number of likely N-dealkylation sites (tertiary alicyclic amines) is 1. The normalized spacial score (nSPS) is 25.7. The molecule has 1 aromatic rings. The Morgan fingerprint density at radius 3 is 2.10 bits per heavy atom. The SMILES string of the molecule is Cc1cc(C)c(C(Cl)CN2CC(C)CC(C)C2)c(C)c1. The van der Waals surface area contributed by atoms with Gasteiger partial charge in [-0.05, 0) is 55.7 Å². The van der Waals surface area contributed by atoms with E-state index < -0.39 is 0 Å². The van der Waals surface area contributed by atoms with Crippen molar-refractivity contribution in [2.45, 2.75) is 46.4 Å². The maximum atomic E-state index is 6.76. The number of alkyl halides is 1. The molecule has 0 saturated carbocycles. The number of hydrogen-bond acceptors (Lipinski definition) is 1. The Labute approximate surface area is 129 Å². The van der Waals surface area contributed by atoms with Gasteiger partial charge in [0.25, 0.3) is 0 Å². The van der Waals surface area contributed by atoms with Crippen molar-refractivity contribution in [3.8, 4) is 0 Å². The predicted octanol–water partition coefficient (Wildman–Crippen LogP) is 4.87. The van der Waals surface area contributed by atoms with Crippen molar-refractivity contribution in [3.63, 3.8) is 0 Å². The lowest BCUT2D eigenvalue weighted by Crippen LogP contribution is -2.40. The van der Waals surface area contributed by atoms with Gasteiger partial charge in [0.15, 0.2) is 0 Å². The van der Waals surface area contributed by atoms with Crippen molar-refractivity contribution in [3.05, 3.63) is 34.4 Å². The van der Waals surface area contributed by atoms with Gasteiger partial charge >= 0.3 is 0 Å². The standard InChI is InChI=1S/C18H28ClN/c1-12-7-15(4)18(16(5)8-12)17(19)11-20-9-13(2)6-14(3)10-20/h7-8,13-14,17H,6,9-11H2,1-5H3. The molecule has 1 nitrogen and oxygen atoms in total. The Kier molecular flexibility index (Phi) is 5.14. The van der Waals surface area contributed by atoms with Gasteiger partial charge in [0.05, 0.1) is 5.38 Å². The second-order valence-corrected chi connectivity index (χ2v) is 7.47. The third kappa shape index (κ3) is 3.77. The first kappa shape index (κ1) is 15.9. The maximum absolute atomic E-state index is 6.76. The van der Waals surface area contributed by atoms with Crippen molar-refractivity contribution in [2.75, 3.05) is 19.6 Å². The number of rotatable bonds is 3. The lowest BCUT2D eigenvalue weighted by Gasteiger charge is -2.36. The molecule has 3 atom stereocenters. The van der Waals surface area contributed by atoms with Crippen LogP contribution in [0.2, 0.25) is 0 Å². The van der Waals surface area contributed by atoms with Crippen LogP contribution in [0.4, 0.5) is 0 Å². The van der Waals surface area contributed by atoms with Crippen LogP contribution in [-0.4, -0.2) is 24.5 Å². The van der Waals surface area contributed by atoms with Crippen LogP contribution in [0.5, 0.6) is 0 Å². The molecule has 0 aromatic heterocycles. The number of halogens is 1. The average molecular weight is 294 g/mol. The van der Waals surface area contributed by atoms with Crippen LogP contribution in [0, 0.1) is 32.6 Å².